The number of pyridine rings is 1. The Hall–Kier alpha value is -1.88. The number of aryl methyl sites for hydroxylation is 1. The van der Waals surface area contributed by atoms with Crippen LogP contribution >= 0.6 is 0 Å². The van der Waals surface area contributed by atoms with Crippen LogP contribution in [0.5, 0.6) is 0 Å². The van der Waals surface area contributed by atoms with Gasteiger partial charge in [-0.25, -0.2) is 9.97 Å². The van der Waals surface area contributed by atoms with Crippen molar-refractivity contribution in [3.63, 3.8) is 0 Å². The summed E-state index contributed by atoms with van der Waals surface area (Å²) in [6, 6.07) is 6.69. The molecule has 3 rings (SSSR count). The third kappa shape index (κ3) is 2.99. The summed E-state index contributed by atoms with van der Waals surface area (Å²) in [5.41, 5.74) is 1.23. The largest absolute Gasteiger partial charge is 0.357 e. The van der Waals surface area contributed by atoms with Crippen molar-refractivity contribution in [2.75, 3.05) is 18.0 Å². The van der Waals surface area contributed by atoms with Crippen molar-refractivity contribution < 1.29 is 0 Å². The lowest BCUT2D eigenvalue weighted by atomic mass is 10.0. The molecule has 1 N–H and O–H groups in total. The van der Waals surface area contributed by atoms with Gasteiger partial charge in [0.25, 0.3) is 0 Å². The van der Waals surface area contributed by atoms with E-state index in [4.69, 9.17) is 0 Å². The normalized spacial score (nSPS) is 16.6. The maximum Gasteiger partial charge on any atom is 0.128 e. The first-order chi connectivity index (χ1) is 9.83. The molecule has 2 aromatic rings. The average Bonchev–Trinajstić information content (AvgIpc) is 2.92. The summed E-state index contributed by atoms with van der Waals surface area (Å²) in [5, 5.41) is 3.63. The summed E-state index contributed by atoms with van der Waals surface area (Å²) in [6.45, 7) is 3.03. The minimum atomic E-state index is 0.588. The molecule has 2 aromatic heterocycles. The number of nitrogens with one attached hydrogen (secondary N) is 1. The van der Waals surface area contributed by atoms with Gasteiger partial charge in [-0.2, -0.15) is 0 Å². The summed E-state index contributed by atoms with van der Waals surface area (Å²) < 4.78 is 2.07. The standard InChI is InChI=1S/C15H21N5/c1-19-12-16-10-14(19)11-18-13-5-8-20(9-6-13)15-4-2-3-7-17-15/h2-4,7,10,12-13,18H,5-6,8-9,11H2,1H3. The van der Waals surface area contributed by atoms with E-state index in [1.165, 1.54) is 5.69 Å². The van der Waals surface area contributed by atoms with E-state index >= 15 is 0 Å². The Morgan fingerprint density at radius 2 is 2.15 bits per heavy atom. The first kappa shape index (κ1) is 13.1. The van der Waals surface area contributed by atoms with Gasteiger partial charge in [0, 0.05) is 45.1 Å². The van der Waals surface area contributed by atoms with Crippen LogP contribution < -0.4 is 10.2 Å². The third-order valence-electron chi connectivity index (χ3n) is 3.96. The first-order valence-electron chi connectivity index (χ1n) is 7.17. The van der Waals surface area contributed by atoms with Crippen molar-refractivity contribution >= 4 is 5.82 Å². The van der Waals surface area contributed by atoms with Gasteiger partial charge in [-0.15, -0.1) is 0 Å². The molecule has 5 heteroatoms. The SMILES string of the molecule is Cn1cncc1CNC1CCN(c2ccccn2)CC1. The van der Waals surface area contributed by atoms with E-state index in [9.17, 15) is 0 Å². The maximum absolute atomic E-state index is 4.42. The molecule has 1 aliphatic rings. The number of anilines is 1. The van der Waals surface area contributed by atoms with Crippen molar-refractivity contribution in [2.45, 2.75) is 25.4 Å². The third-order valence-corrected chi connectivity index (χ3v) is 3.96. The molecule has 0 saturated carbocycles. The Kier molecular flexibility index (Phi) is 3.97. The zero-order valence-corrected chi connectivity index (χ0v) is 11.9. The molecular formula is C15H21N5. The zero-order valence-electron chi connectivity index (χ0n) is 11.9. The van der Waals surface area contributed by atoms with Crippen molar-refractivity contribution in [3.8, 4) is 0 Å². The molecule has 0 amide bonds. The average molecular weight is 271 g/mol. The number of hydrogen-bond acceptors (Lipinski definition) is 4. The molecule has 1 fully saturated rings. The van der Waals surface area contributed by atoms with Crippen LogP contribution in [0.3, 0.4) is 0 Å². The van der Waals surface area contributed by atoms with E-state index in [2.05, 4.69) is 36.9 Å². The van der Waals surface area contributed by atoms with Gasteiger partial charge in [-0.1, -0.05) is 6.07 Å². The minimum absolute atomic E-state index is 0.588. The lowest BCUT2D eigenvalue weighted by molar-refractivity contribution is 0.408. The van der Waals surface area contributed by atoms with Crippen LogP contribution in [0.15, 0.2) is 36.9 Å². The van der Waals surface area contributed by atoms with Gasteiger partial charge in [0.2, 0.25) is 0 Å². The number of rotatable bonds is 4. The van der Waals surface area contributed by atoms with Crippen LogP contribution in [-0.2, 0) is 13.6 Å². The van der Waals surface area contributed by atoms with E-state index in [0.29, 0.717) is 6.04 Å². The van der Waals surface area contributed by atoms with E-state index in [1.807, 2.05) is 31.8 Å². The lowest BCUT2D eigenvalue weighted by Gasteiger charge is -2.33. The zero-order chi connectivity index (χ0) is 13.8. The van der Waals surface area contributed by atoms with Crippen molar-refractivity contribution in [1.29, 1.82) is 0 Å². The fraction of sp³-hybridized carbons (Fsp3) is 0.467. The van der Waals surface area contributed by atoms with Gasteiger partial charge in [0.15, 0.2) is 0 Å². The highest BCUT2D eigenvalue weighted by atomic mass is 15.2. The quantitative estimate of drug-likeness (QED) is 0.917. The summed E-state index contributed by atoms with van der Waals surface area (Å²) in [5.74, 6) is 1.09. The first-order valence-corrected chi connectivity index (χ1v) is 7.17. The van der Waals surface area contributed by atoms with Crippen LogP contribution in [0.25, 0.3) is 0 Å². The molecule has 5 nitrogen and oxygen atoms in total. The number of imidazole rings is 1. The summed E-state index contributed by atoms with van der Waals surface area (Å²) >= 11 is 0. The molecule has 0 unspecified atom stereocenters. The monoisotopic (exact) mass is 271 g/mol. The van der Waals surface area contributed by atoms with E-state index < -0.39 is 0 Å². The van der Waals surface area contributed by atoms with E-state index in [1.54, 1.807) is 0 Å². The summed E-state index contributed by atoms with van der Waals surface area (Å²) in [6.07, 6.45) is 7.96. The number of hydrogen-bond donors (Lipinski definition) is 1. The highest BCUT2D eigenvalue weighted by molar-refractivity contribution is 5.38. The van der Waals surface area contributed by atoms with Crippen molar-refractivity contribution in [2.24, 2.45) is 7.05 Å². The van der Waals surface area contributed by atoms with Gasteiger partial charge in [0.1, 0.15) is 5.82 Å². The van der Waals surface area contributed by atoms with Crippen molar-refractivity contribution in [3.05, 3.63) is 42.6 Å². The van der Waals surface area contributed by atoms with Gasteiger partial charge in [-0.05, 0) is 25.0 Å². The number of aromatic nitrogens is 3. The summed E-state index contributed by atoms with van der Waals surface area (Å²) in [7, 11) is 2.04. The predicted molar refractivity (Wildman–Crippen MR) is 79.5 cm³/mol. The molecule has 106 valence electrons. The Morgan fingerprint density at radius 3 is 2.80 bits per heavy atom. The molecule has 0 spiro atoms. The van der Waals surface area contributed by atoms with Crippen LogP contribution in [0, 0.1) is 0 Å². The molecule has 0 radical (unpaired) electrons. The van der Waals surface area contributed by atoms with Gasteiger partial charge in [-0.3, -0.25) is 0 Å². The number of piperidine rings is 1. The highest BCUT2D eigenvalue weighted by Gasteiger charge is 2.19. The molecule has 1 saturated heterocycles. The van der Waals surface area contributed by atoms with Crippen LogP contribution in [0.2, 0.25) is 0 Å². The molecule has 0 bridgehead atoms. The molecular weight excluding hydrogens is 250 g/mol. The molecule has 0 aliphatic carbocycles. The second-order valence-corrected chi connectivity index (χ2v) is 5.33. The Labute approximate surface area is 119 Å². The van der Waals surface area contributed by atoms with Crippen molar-refractivity contribution in [1.82, 2.24) is 19.9 Å². The van der Waals surface area contributed by atoms with Gasteiger partial charge >= 0.3 is 0 Å². The van der Waals surface area contributed by atoms with Crippen LogP contribution in [0.1, 0.15) is 18.5 Å². The Bertz CT molecular complexity index is 528. The van der Waals surface area contributed by atoms with Gasteiger partial charge < -0.3 is 14.8 Å². The Morgan fingerprint density at radius 1 is 1.30 bits per heavy atom. The second kappa shape index (κ2) is 6.05. The van der Waals surface area contributed by atoms with Crippen LogP contribution in [0.4, 0.5) is 5.82 Å². The minimum Gasteiger partial charge on any atom is -0.357 e. The fourth-order valence-electron chi connectivity index (χ4n) is 2.66. The molecule has 20 heavy (non-hydrogen) atoms. The lowest BCUT2D eigenvalue weighted by Crippen LogP contribution is -2.42. The fourth-order valence-corrected chi connectivity index (χ4v) is 2.66. The van der Waals surface area contributed by atoms with Gasteiger partial charge in [0.05, 0.1) is 12.0 Å². The molecule has 1 aliphatic heterocycles. The second-order valence-electron chi connectivity index (χ2n) is 5.33. The predicted octanol–water partition coefficient (Wildman–Crippen LogP) is 1.57. The highest BCUT2D eigenvalue weighted by Crippen LogP contribution is 2.17. The Balaban J connectivity index is 1.48. The smallest absolute Gasteiger partial charge is 0.128 e. The molecule has 0 atom stereocenters. The van der Waals surface area contributed by atoms with E-state index in [-0.39, 0.29) is 0 Å². The van der Waals surface area contributed by atoms with Crippen LogP contribution in [-0.4, -0.2) is 33.7 Å². The summed E-state index contributed by atoms with van der Waals surface area (Å²) in [4.78, 5) is 10.9. The maximum atomic E-state index is 4.42. The number of nitrogens with zero attached hydrogens (tertiary/aromatic N) is 4. The molecule has 0 aromatic carbocycles. The van der Waals surface area contributed by atoms with E-state index in [0.717, 1.165) is 38.3 Å². The molecule has 3 heterocycles. The topological polar surface area (TPSA) is 46.0 Å².